The summed E-state index contributed by atoms with van der Waals surface area (Å²) in [6.45, 7) is 1.84. The number of carboxylic acid groups (broad SMARTS) is 1. The number of aromatic amines is 1. The quantitative estimate of drug-likeness (QED) is 0.592. The number of rotatable bonds is 6. The van der Waals surface area contributed by atoms with E-state index in [1.165, 1.54) is 10.7 Å². The molecule has 3 aromatic rings. The van der Waals surface area contributed by atoms with Gasteiger partial charge in [-0.2, -0.15) is 0 Å². The first-order chi connectivity index (χ1) is 13.3. The largest absolute Gasteiger partial charge is 0.481 e. The highest BCUT2D eigenvalue weighted by molar-refractivity contribution is 6.30. The highest BCUT2D eigenvalue weighted by Crippen LogP contribution is 2.21. The lowest BCUT2D eigenvalue weighted by atomic mass is 9.98. The van der Waals surface area contributed by atoms with E-state index in [2.05, 4.69) is 10.4 Å². The van der Waals surface area contributed by atoms with E-state index in [0.29, 0.717) is 16.3 Å². The molecule has 1 amide bonds. The second-order valence-corrected chi connectivity index (χ2v) is 6.74. The molecular weight excluding hydrogens is 382 g/mol. The lowest BCUT2D eigenvalue weighted by molar-refractivity contribution is -0.137. The Labute approximate surface area is 165 Å². The number of amides is 1. The number of nitrogens with one attached hydrogen (secondary N) is 2. The van der Waals surface area contributed by atoms with Gasteiger partial charge in [0, 0.05) is 11.1 Å². The van der Waals surface area contributed by atoms with Gasteiger partial charge in [0.2, 0.25) is 0 Å². The predicted octanol–water partition coefficient (Wildman–Crippen LogP) is 3.07. The number of halogens is 1. The Morgan fingerprint density at radius 3 is 2.50 bits per heavy atom. The topological polar surface area (TPSA) is 104 Å². The third-order valence-electron chi connectivity index (χ3n) is 4.30. The average molecular weight is 400 g/mol. The van der Waals surface area contributed by atoms with Gasteiger partial charge in [-0.3, -0.25) is 19.5 Å². The van der Waals surface area contributed by atoms with E-state index in [1.54, 1.807) is 36.4 Å². The van der Waals surface area contributed by atoms with Crippen LogP contribution in [0.1, 0.15) is 34.1 Å². The summed E-state index contributed by atoms with van der Waals surface area (Å²) in [5.74, 6) is -1.61. The van der Waals surface area contributed by atoms with Crippen LogP contribution in [0.4, 0.5) is 0 Å². The number of aromatic nitrogens is 2. The Morgan fingerprint density at radius 2 is 1.86 bits per heavy atom. The molecule has 28 heavy (non-hydrogen) atoms. The third kappa shape index (κ3) is 4.32. The first kappa shape index (κ1) is 19.4. The molecule has 3 N–H and O–H groups in total. The Bertz CT molecular complexity index is 1070. The number of carboxylic acids is 1. The van der Waals surface area contributed by atoms with Gasteiger partial charge in [-0.15, -0.1) is 0 Å². The van der Waals surface area contributed by atoms with Crippen LogP contribution in [0.3, 0.4) is 0 Å². The minimum absolute atomic E-state index is 0.0314. The molecule has 1 atom stereocenters. The summed E-state index contributed by atoms with van der Waals surface area (Å²) < 4.78 is 1.21. The molecule has 0 aliphatic carbocycles. The number of hydrogen-bond acceptors (Lipinski definition) is 3. The summed E-state index contributed by atoms with van der Waals surface area (Å²) in [4.78, 5) is 36.2. The van der Waals surface area contributed by atoms with Crippen molar-refractivity contribution in [2.75, 3.05) is 0 Å². The number of hydrogen-bond donors (Lipinski definition) is 3. The fraction of sp³-hybridized carbons (Fsp3) is 0.150. The molecule has 0 fully saturated rings. The predicted molar refractivity (Wildman–Crippen MR) is 105 cm³/mol. The maximum Gasteiger partial charge on any atom is 0.305 e. The SMILES string of the molecule is Cc1ccccc1C(CC(=O)O)NC(=O)c1cc(=O)n(-c2ccc(Cl)cc2)[nH]1. The zero-order valence-electron chi connectivity index (χ0n) is 15.0. The molecule has 0 aliphatic rings. The Balaban J connectivity index is 1.87. The third-order valence-corrected chi connectivity index (χ3v) is 4.55. The van der Waals surface area contributed by atoms with Crippen molar-refractivity contribution in [1.29, 1.82) is 0 Å². The van der Waals surface area contributed by atoms with Crippen LogP contribution >= 0.6 is 11.6 Å². The number of benzene rings is 2. The van der Waals surface area contributed by atoms with Gasteiger partial charge in [-0.05, 0) is 42.3 Å². The molecule has 1 unspecified atom stereocenters. The molecule has 0 radical (unpaired) electrons. The van der Waals surface area contributed by atoms with Gasteiger partial charge in [-0.1, -0.05) is 35.9 Å². The molecule has 144 valence electrons. The van der Waals surface area contributed by atoms with E-state index in [-0.39, 0.29) is 12.1 Å². The van der Waals surface area contributed by atoms with Gasteiger partial charge >= 0.3 is 5.97 Å². The molecule has 1 aromatic heterocycles. The average Bonchev–Trinajstić information content (AvgIpc) is 3.04. The number of carbonyl (C=O) groups excluding carboxylic acids is 1. The molecule has 3 rings (SSSR count). The van der Waals surface area contributed by atoms with Crippen LogP contribution in [-0.2, 0) is 4.79 Å². The number of nitrogens with zero attached hydrogens (tertiary/aromatic N) is 1. The molecule has 0 spiro atoms. The van der Waals surface area contributed by atoms with Crippen LogP contribution in [-0.4, -0.2) is 26.8 Å². The minimum atomic E-state index is -1.04. The Morgan fingerprint density at radius 1 is 1.18 bits per heavy atom. The van der Waals surface area contributed by atoms with Crippen molar-refractivity contribution in [3.05, 3.63) is 86.8 Å². The summed E-state index contributed by atoms with van der Waals surface area (Å²) in [5.41, 5.74) is 1.70. The number of aryl methyl sites for hydroxylation is 1. The van der Waals surface area contributed by atoms with Crippen molar-refractivity contribution >= 4 is 23.5 Å². The molecule has 2 aromatic carbocycles. The number of H-pyrrole nitrogens is 1. The van der Waals surface area contributed by atoms with Gasteiger partial charge in [0.25, 0.3) is 11.5 Å². The summed E-state index contributed by atoms with van der Waals surface area (Å²) in [5, 5.41) is 15.2. The van der Waals surface area contributed by atoms with Crippen LogP contribution in [0.5, 0.6) is 0 Å². The summed E-state index contributed by atoms with van der Waals surface area (Å²) in [6, 6.07) is 14.2. The van der Waals surface area contributed by atoms with Gasteiger partial charge < -0.3 is 10.4 Å². The molecule has 0 aliphatic heterocycles. The highest BCUT2D eigenvalue weighted by atomic mass is 35.5. The van der Waals surface area contributed by atoms with Crippen LogP contribution < -0.4 is 10.9 Å². The number of aliphatic carboxylic acids is 1. The van der Waals surface area contributed by atoms with Crippen LogP contribution in [0.2, 0.25) is 5.02 Å². The maximum absolute atomic E-state index is 12.7. The number of carbonyl (C=O) groups is 2. The maximum atomic E-state index is 12.7. The van der Waals surface area contributed by atoms with E-state index in [4.69, 9.17) is 11.6 Å². The standard InChI is InChI=1S/C20H18ClN3O4/c1-12-4-2-3-5-15(12)16(11-19(26)27)22-20(28)17-10-18(25)24(23-17)14-8-6-13(21)7-9-14/h2-10,16,23H,11H2,1H3,(H,22,28)(H,26,27). The molecule has 0 saturated heterocycles. The van der Waals surface area contributed by atoms with Crippen LogP contribution in [0.25, 0.3) is 5.69 Å². The van der Waals surface area contributed by atoms with Crippen LogP contribution in [0, 0.1) is 6.92 Å². The summed E-state index contributed by atoms with van der Waals surface area (Å²) in [7, 11) is 0. The normalized spacial score (nSPS) is 11.8. The van der Waals surface area contributed by atoms with E-state index >= 15 is 0 Å². The lowest BCUT2D eigenvalue weighted by Gasteiger charge is -2.19. The zero-order valence-corrected chi connectivity index (χ0v) is 15.7. The smallest absolute Gasteiger partial charge is 0.305 e. The fourth-order valence-corrected chi connectivity index (χ4v) is 3.05. The molecule has 0 saturated carbocycles. The minimum Gasteiger partial charge on any atom is -0.481 e. The summed E-state index contributed by atoms with van der Waals surface area (Å²) in [6.07, 6.45) is -0.279. The first-order valence-electron chi connectivity index (χ1n) is 8.51. The molecule has 0 bridgehead atoms. The van der Waals surface area contributed by atoms with Crippen molar-refractivity contribution in [3.8, 4) is 5.69 Å². The van der Waals surface area contributed by atoms with E-state index in [0.717, 1.165) is 5.56 Å². The molecular formula is C20H18ClN3O4. The summed E-state index contributed by atoms with van der Waals surface area (Å²) >= 11 is 5.85. The van der Waals surface area contributed by atoms with Crippen molar-refractivity contribution in [3.63, 3.8) is 0 Å². The van der Waals surface area contributed by atoms with E-state index in [1.807, 2.05) is 19.1 Å². The van der Waals surface area contributed by atoms with Gasteiger partial charge in [0.1, 0.15) is 5.69 Å². The van der Waals surface area contributed by atoms with Crippen molar-refractivity contribution in [2.24, 2.45) is 0 Å². The van der Waals surface area contributed by atoms with Gasteiger partial charge in [0.05, 0.1) is 18.2 Å². The molecule has 7 nitrogen and oxygen atoms in total. The van der Waals surface area contributed by atoms with E-state index < -0.39 is 23.5 Å². The zero-order chi connectivity index (χ0) is 20.3. The van der Waals surface area contributed by atoms with Gasteiger partial charge in [0.15, 0.2) is 0 Å². The van der Waals surface area contributed by atoms with Crippen LogP contribution in [0.15, 0.2) is 59.4 Å². The molecule has 8 heteroatoms. The van der Waals surface area contributed by atoms with Gasteiger partial charge in [-0.25, -0.2) is 4.68 Å². The first-order valence-corrected chi connectivity index (χ1v) is 8.89. The molecule has 1 heterocycles. The fourth-order valence-electron chi connectivity index (χ4n) is 2.92. The second-order valence-electron chi connectivity index (χ2n) is 6.30. The van der Waals surface area contributed by atoms with E-state index in [9.17, 15) is 19.5 Å². The van der Waals surface area contributed by atoms with Crippen molar-refractivity contribution in [2.45, 2.75) is 19.4 Å². The second kappa shape index (κ2) is 8.14. The lowest BCUT2D eigenvalue weighted by Crippen LogP contribution is -2.31. The monoisotopic (exact) mass is 399 g/mol. The Kier molecular flexibility index (Phi) is 5.65. The van der Waals surface area contributed by atoms with Crippen molar-refractivity contribution < 1.29 is 14.7 Å². The highest BCUT2D eigenvalue weighted by Gasteiger charge is 2.22. The Hall–Kier alpha value is -3.32. The van der Waals surface area contributed by atoms with Crippen molar-refractivity contribution in [1.82, 2.24) is 15.1 Å².